The zero-order valence-corrected chi connectivity index (χ0v) is 10.9. The third-order valence-electron chi connectivity index (χ3n) is 3.52. The van der Waals surface area contributed by atoms with Gasteiger partial charge in [0.05, 0.1) is 6.10 Å². The molecule has 2 rings (SSSR count). The average Bonchev–Trinajstić information content (AvgIpc) is 2.34. The van der Waals surface area contributed by atoms with E-state index in [0.717, 1.165) is 44.3 Å². The number of aryl methyl sites for hydroxylation is 1. The number of aromatic nitrogens is 1. The van der Waals surface area contributed by atoms with E-state index in [-0.39, 0.29) is 11.7 Å². The largest absolute Gasteiger partial charge is 0.393 e. The van der Waals surface area contributed by atoms with Gasteiger partial charge in [-0.05, 0) is 51.1 Å². The molecule has 4 heteroatoms. The van der Waals surface area contributed by atoms with Gasteiger partial charge in [0.25, 0.3) is 0 Å². The molecule has 0 radical (unpaired) electrons. The summed E-state index contributed by atoms with van der Waals surface area (Å²) in [7, 11) is 0. The van der Waals surface area contributed by atoms with Gasteiger partial charge >= 0.3 is 0 Å². The second-order valence-corrected chi connectivity index (χ2v) is 5.15. The van der Waals surface area contributed by atoms with E-state index in [2.05, 4.69) is 10.3 Å². The quantitative estimate of drug-likeness (QED) is 0.694. The molecule has 0 fully saturated rings. The van der Waals surface area contributed by atoms with E-state index in [1.165, 1.54) is 5.56 Å². The summed E-state index contributed by atoms with van der Waals surface area (Å²) in [4.78, 5) is 14.2. The first-order valence-corrected chi connectivity index (χ1v) is 6.80. The summed E-state index contributed by atoms with van der Waals surface area (Å²) >= 11 is 0. The normalized spacial score (nSPS) is 20.4. The van der Waals surface area contributed by atoms with E-state index in [9.17, 15) is 9.90 Å². The van der Waals surface area contributed by atoms with Crippen molar-refractivity contribution in [1.82, 2.24) is 10.3 Å². The Bertz CT molecular complexity index is 440. The van der Waals surface area contributed by atoms with E-state index < -0.39 is 0 Å². The van der Waals surface area contributed by atoms with Crippen molar-refractivity contribution in [3.8, 4) is 0 Å². The molecule has 0 aromatic carbocycles. The minimum atomic E-state index is -0.221. The van der Waals surface area contributed by atoms with Crippen molar-refractivity contribution in [1.29, 1.82) is 0 Å². The summed E-state index contributed by atoms with van der Waals surface area (Å²) < 4.78 is 0. The van der Waals surface area contributed by atoms with Crippen molar-refractivity contribution in [2.24, 2.45) is 0 Å². The Morgan fingerprint density at radius 1 is 1.56 bits per heavy atom. The van der Waals surface area contributed by atoms with Gasteiger partial charge < -0.3 is 15.4 Å². The van der Waals surface area contributed by atoms with Crippen molar-refractivity contribution >= 4 is 0 Å². The molecule has 1 aliphatic carbocycles. The summed E-state index contributed by atoms with van der Waals surface area (Å²) in [5.41, 5.74) is 2.31. The zero-order valence-electron chi connectivity index (χ0n) is 10.9. The third kappa shape index (κ3) is 3.43. The number of hydrogen-bond acceptors (Lipinski definition) is 3. The number of fused-ring (bicyclic) bond motifs is 1. The maximum absolute atomic E-state index is 11.3. The minimum absolute atomic E-state index is 0.0106. The van der Waals surface area contributed by atoms with E-state index in [0.29, 0.717) is 6.04 Å². The fourth-order valence-electron chi connectivity index (χ4n) is 2.59. The standard InChI is InChI=1S/C14H22N2O2/c1-10(17)4-3-9-15-12-5-2-6-13-11(12)7-8-14(18)16-13/h7-8,10,12,15,17H,2-6,9H2,1H3,(H,16,18). The lowest BCUT2D eigenvalue weighted by Crippen LogP contribution is -2.28. The van der Waals surface area contributed by atoms with Crippen LogP contribution in [0.5, 0.6) is 0 Å². The molecule has 3 N–H and O–H groups in total. The van der Waals surface area contributed by atoms with Crippen molar-refractivity contribution in [2.45, 2.75) is 51.2 Å². The molecule has 0 saturated carbocycles. The van der Waals surface area contributed by atoms with Crippen LogP contribution in [0, 0.1) is 0 Å². The smallest absolute Gasteiger partial charge is 0.248 e. The number of nitrogens with one attached hydrogen (secondary N) is 2. The number of pyridine rings is 1. The molecule has 0 saturated heterocycles. The molecule has 0 aliphatic heterocycles. The predicted molar refractivity (Wildman–Crippen MR) is 71.7 cm³/mol. The Morgan fingerprint density at radius 2 is 2.39 bits per heavy atom. The van der Waals surface area contributed by atoms with Gasteiger partial charge in [-0.2, -0.15) is 0 Å². The highest BCUT2D eigenvalue weighted by Crippen LogP contribution is 2.27. The van der Waals surface area contributed by atoms with Crippen LogP contribution in [0.2, 0.25) is 0 Å². The lowest BCUT2D eigenvalue weighted by molar-refractivity contribution is 0.180. The molecule has 1 aromatic rings. The van der Waals surface area contributed by atoms with Crippen LogP contribution in [0.4, 0.5) is 0 Å². The molecule has 18 heavy (non-hydrogen) atoms. The highest BCUT2D eigenvalue weighted by atomic mass is 16.3. The Balaban J connectivity index is 1.93. The molecule has 0 spiro atoms. The topological polar surface area (TPSA) is 65.1 Å². The van der Waals surface area contributed by atoms with Gasteiger partial charge in [0.15, 0.2) is 0 Å². The van der Waals surface area contributed by atoms with E-state index >= 15 is 0 Å². The number of hydrogen-bond donors (Lipinski definition) is 3. The van der Waals surface area contributed by atoms with E-state index in [1.807, 2.05) is 13.0 Å². The molecular formula is C14H22N2O2. The van der Waals surface area contributed by atoms with Crippen LogP contribution in [-0.4, -0.2) is 22.7 Å². The first-order valence-electron chi connectivity index (χ1n) is 6.80. The van der Waals surface area contributed by atoms with Crippen molar-refractivity contribution in [2.75, 3.05) is 6.54 Å². The highest BCUT2D eigenvalue weighted by molar-refractivity contribution is 5.26. The van der Waals surface area contributed by atoms with Crippen molar-refractivity contribution in [3.05, 3.63) is 33.7 Å². The van der Waals surface area contributed by atoms with Gasteiger partial charge in [-0.25, -0.2) is 0 Å². The second kappa shape index (κ2) is 6.16. The summed E-state index contributed by atoms with van der Waals surface area (Å²) in [5, 5.41) is 12.7. The Morgan fingerprint density at radius 3 is 3.17 bits per heavy atom. The van der Waals surface area contributed by atoms with Crippen LogP contribution in [0.3, 0.4) is 0 Å². The van der Waals surface area contributed by atoms with Crippen LogP contribution in [0.25, 0.3) is 0 Å². The Hall–Kier alpha value is -1.13. The molecule has 0 amide bonds. The lowest BCUT2D eigenvalue weighted by atomic mass is 9.91. The number of aliphatic hydroxyl groups excluding tert-OH is 1. The first kappa shape index (κ1) is 13.3. The van der Waals surface area contributed by atoms with Gasteiger partial charge in [-0.3, -0.25) is 4.79 Å². The highest BCUT2D eigenvalue weighted by Gasteiger charge is 2.19. The van der Waals surface area contributed by atoms with E-state index in [4.69, 9.17) is 0 Å². The van der Waals surface area contributed by atoms with E-state index in [1.54, 1.807) is 6.07 Å². The molecule has 1 aromatic heterocycles. The maximum Gasteiger partial charge on any atom is 0.248 e. The maximum atomic E-state index is 11.3. The number of aliphatic hydroxyl groups is 1. The molecule has 1 heterocycles. The fourth-order valence-corrected chi connectivity index (χ4v) is 2.59. The minimum Gasteiger partial charge on any atom is -0.393 e. The van der Waals surface area contributed by atoms with Gasteiger partial charge in [-0.1, -0.05) is 6.07 Å². The number of H-pyrrole nitrogens is 1. The molecule has 2 atom stereocenters. The third-order valence-corrected chi connectivity index (χ3v) is 3.52. The van der Waals surface area contributed by atoms with Gasteiger partial charge in [0.2, 0.25) is 5.56 Å². The first-order chi connectivity index (χ1) is 8.66. The molecule has 0 bridgehead atoms. The second-order valence-electron chi connectivity index (χ2n) is 5.15. The molecule has 2 unspecified atom stereocenters. The van der Waals surface area contributed by atoms with Crippen LogP contribution >= 0.6 is 0 Å². The number of rotatable bonds is 5. The Kier molecular flexibility index (Phi) is 4.55. The molecule has 4 nitrogen and oxygen atoms in total. The van der Waals surface area contributed by atoms with Crippen molar-refractivity contribution in [3.63, 3.8) is 0 Å². The van der Waals surface area contributed by atoms with Crippen LogP contribution in [0.1, 0.15) is 49.9 Å². The fraction of sp³-hybridized carbons (Fsp3) is 0.643. The SMILES string of the molecule is CC(O)CCCNC1CCCc2[nH]c(=O)ccc21. The van der Waals surface area contributed by atoms with Crippen molar-refractivity contribution < 1.29 is 5.11 Å². The van der Waals surface area contributed by atoms with Gasteiger partial charge in [0.1, 0.15) is 0 Å². The molecule has 1 aliphatic rings. The monoisotopic (exact) mass is 250 g/mol. The Labute approximate surface area is 107 Å². The molecular weight excluding hydrogens is 228 g/mol. The van der Waals surface area contributed by atoms with Gasteiger partial charge in [-0.15, -0.1) is 0 Å². The van der Waals surface area contributed by atoms with Crippen LogP contribution < -0.4 is 10.9 Å². The number of aromatic amines is 1. The predicted octanol–water partition coefficient (Wildman–Crippen LogP) is 1.50. The summed E-state index contributed by atoms with van der Waals surface area (Å²) in [6, 6.07) is 3.90. The summed E-state index contributed by atoms with van der Waals surface area (Å²) in [5.74, 6) is 0. The molecule has 100 valence electrons. The van der Waals surface area contributed by atoms with Crippen LogP contribution in [0.15, 0.2) is 16.9 Å². The lowest BCUT2D eigenvalue weighted by Gasteiger charge is -2.26. The van der Waals surface area contributed by atoms with Gasteiger partial charge in [0, 0.05) is 17.8 Å². The zero-order chi connectivity index (χ0) is 13.0. The van der Waals surface area contributed by atoms with Crippen LogP contribution in [-0.2, 0) is 6.42 Å². The summed E-state index contributed by atoms with van der Waals surface area (Å²) in [6.45, 7) is 2.73. The summed E-state index contributed by atoms with van der Waals surface area (Å²) in [6.07, 6.45) is 4.79. The average molecular weight is 250 g/mol.